The van der Waals surface area contributed by atoms with Crippen LogP contribution in [0, 0.1) is 0 Å². The molecule has 0 radical (unpaired) electrons. The minimum atomic E-state index is -0.400. The van der Waals surface area contributed by atoms with Crippen LogP contribution >= 0.6 is 0 Å². The number of carbonyl (C=O) groups is 1. The summed E-state index contributed by atoms with van der Waals surface area (Å²) < 4.78 is 5.51. The number of nitrogens with one attached hydrogen (secondary N) is 1. The summed E-state index contributed by atoms with van der Waals surface area (Å²) in [6, 6.07) is 16.1. The molecule has 2 fully saturated rings. The van der Waals surface area contributed by atoms with Gasteiger partial charge >= 0.3 is 5.97 Å². The van der Waals surface area contributed by atoms with Crippen molar-refractivity contribution in [3.05, 3.63) is 65.7 Å². The Hall–Kier alpha value is -4.01. The Morgan fingerprint density at radius 3 is 2.08 bits per heavy atom. The smallest absolute Gasteiger partial charge is 0.343 e. The Morgan fingerprint density at radius 2 is 1.44 bits per heavy atom. The van der Waals surface area contributed by atoms with Crippen LogP contribution in [0.15, 0.2) is 59.7 Å². The first kappa shape index (κ1) is 23.7. The number of nitrogens with zero attached hydrogens (tertiary/aromatic N) is 6. The zero-order valence-corrected chi connectivity index (χ0v) is 20.3. The van der Waals surface area contributed by atoms with Gasteiger partial charge in [-0.25, -0.2) is 10.2 Å². The summed E-state index contributed by atoms with van der Waals surface area (Å²) in [5.41, 5.74) is 4.27. The van der Waals surface area contributed by atoms with E-state index in [1.165, 1.54) is 12.8 Å². The molecule has 0 aliphatic carbocycles. The molecule has 2 aliphatic rings. The second kappa shape index (κ2) is 11.6. The van der Waals surface area contributed by atoms with Crippen LogP contribution in [-0.2, 0) is 0 Å². The molecule has 0 atom stereocenters. The molecule has 3 heterocycles. The van der Waals surface area contributed by atoms with Crippen LogP contribution in [0.3, 0.4) is 0 Å². The predicted octanol–water partition coefficient (Wildman–Crippen LogP) is 4.52. The quantitative estimate of drug-likeness (QED) is 0.226. The van der Waals surface area contributed by atoms with Gasteiger partial charge in [-0.2, -0.15) is 20.1 Å². The molecule has 186 valence electrons. The van der Waals surface area contributed by atoms with Crippen molar-refractivity contribution < 1.29 is 9.53 Å². The molecule has 1 N–H and O–H groups in total. The van der Waals surface area contributed by atoms with Crippen LogP contribution < -0.4 is 20.0 Å². The number of piperidine rings is 2. The number of aromatic nitrogens is 3. The zero-order valence-electron chi connectivity index (χ0n) is 20.3. The van der Waals surface area contributed by atoms with E-state index in [-0.39, 0.29) is 0 Å². The van der Waals surface area contributed by atoms with E-state index >= 15 is 0 Å². The van der Waals surface area contributed by atoms with Crippen LogP contribution in [0.4, 0.5) is 17.8 Å². The van der Waals surface area contributed by atoms with E-state index in [9.17, 15) is 4.79 Å². The monoisotopic (exact) mass is 485 g/mol. The second-order valence-corrected chi connectivity index (χ2v) is 9.05. The molecule has 9 nitrogen and oxygen atoms in total. The third-order valence-electron chi connectivity index (χ3n) is 6.35. The normalized spacial score (nSPS) is 16.2. The number of hydrogen-bond acceptors (Lipinski definition) is 9. The minimum absolute atomic E-state index is 0.400. The van der Waals surface area contributed by atoms with Crippen molar-refractivity contribution in [2.75, 3.05) is 41.4 Å². The Morgan fingerprint density at radius 1 is 0.806 bits per heavy atom. The van der Waals surface area contributed by atoms with E-state index in [2.05, 4.69) is 30.3 Å². The number of anilines is 3. The highest BCUT2D eigenvalue weighted by Gasteiger charge is 2.20. The number of hydrogen-bond donors (Lipinski definition) is 1. The third kappa shape index (κ3) is 6.16. The van der Waals surface area contributed by atoms with E-state index in [0.717, 1.165) is 57.4 Å². The molecule has 1 aromatic heterocycles. The van der Waals surface area contributed by atoms with Crippen LogP contribution in [0.2, 0.25) is 0 Å². The minimum Gasteiger partial charge on any atom is -0.423 e. The van der Waals surface area contributed by atoms with Gasteiger partial charge in [-0.1, -0.05) is 30.3 Å². The molecule has 2 saturated heterocycles. The lowest BCUT2D eigenvalue weighted by molar-refractivity contribution is 0.0735. The van der Waals surface area contributed by atoms with E-state index in [4.69, 9.17) is 9.72 Å². The number of carbonyl (C=O) groups excluding carboxylic acids is 1. The first-order valence-electron chi connectivity index (χ1n) is 12.7. The van der Waals surface area contributed by atoms with Gasteiger partial charge in [0.2, 0.25) is 17.8 Å². The molecule has 0 saturated carbocycles. The Kier molecular flexibility index (Phi) is 7.65. The Bertz CT molecular complexity index is 1150. The van der Waals surface area contributed by atoms with Gasteiger partial charge in [0.1, 0.15) is 5.75 Å². The third-order valence-corrected chi connectivity index (χ3v) is 6.35. The van der Waals surface area contributed by atoms with Gasteiger partial charge in [-0.3, -0.25) is 0 Å². The molecule has 0 unspecified atom stereocenters. The summed E-state index contributed by atoms with van der Waals surface area (Å²) in [7, 11) is 0. The van der Waals surface area contributed by atoms with Gasteiger partial charge in [-0.15, -0.1) is 0 Å². The molecular weight excluding hydrogens is 454 g/mol. The lowest BCUT2D eigenvalue weighted by Gasteiger charge is -2.30. The summed E-state index contributed by atoms with van der Waals surface area (Å²) in [5, 5.41) is 4.36. The number of rotatable bonds is 7. The number of esters is 1. The van der Waals surface area contributed by atoms with Crippen LogP contribution in [-0.4, -0.2) is 53.3 Å². The molecule has 2 aromatic carbocycles. The van der Waals surface area contributed by atoms with Crippen molar-refractivity contribution in [2.45, 2.75) is 38.5 Å². The van der Waals surface area contributed by atoms with Crippen LogP contribution in [0.5, 0.6) is 5.75 Å². The SMILES string of the molecule is O=C(Oc1cccc(C=NNc2nc(N3CCCCC3)nc(N3CCCCC3)n2)c1)c1ccccc1. The molecular formula is C27H31N7O2. The number of hydrazone groups is 1. The second-order valence-electron chi connectivity index (χ2n) is 9.05. The van der Waals surface area contributed by atoms with Gasteiger partial charge in [0.25, 0.3) is 0 Å². The van der Waals surface area contributed by atoms with Crippen molar-refractivity contribution in [3.8, 4) is 5.75 Å². The fourth-order valence-electron chi connectivity index (χ4n) is 4.44. The first-order chi connectivity index (χ1) is 17.7. The highest BCUT2D eigenvalue weighted by atomic mass is 16.5. The highest BCUT2D eigenvalue weighted by molar-refractivity contribution is 5.91. The van der Waals surface area contributed by atoms with Crippen LogP contribution in [0.1, 0.15) is 54.4 Å². The molecule has 5 rings (SSSR count). The van der Waals surface area contributed by atoms with Crippen molar-refractivity contribution in [2.24, 2.45) is 5.10 Å². The molecule has 36 heavy (non-hydrogen) atoms. The number of benzene rings is 2. The van der Waals surface area contributed by atoms with Gasteiger partial charge in [0.05, 0.1) is 11.8 Å². The lowest BCUT2D eigenvalue weighted by Crippen LogP contribution is -2.34. The van der Waals surface area contributed by atoms with Gasteiger partial charge < -0.3 is 14.5 Å². The molecule has 9 heteroatoms. The van der Waals surface area contributed by atoms with Crippen molar-refractivity contribution >= 4 is 30.0 Å². The molecule has 0 bridgehead atoms. The lowest BCUT2D eigenvalue weighted by atomic mass is 10.1. The zero-order chi connectivity index (χ0) is 24.6. The number of ether oxygens (including phenoxy) is 1. The summed E-state index contributed by atoms with van der Waals surface area (Å²) in [6.45, 7) is 3.84. The Labute approximate surface area is 211 Å². The molecule has 2 aliphatic heterocycles. The topological polar surface area (TPSA) is 95.8 Å². The maximum absolute atomic E-state index is 12.4. The fourth-order valence-corrected chi connectivity index (χ4v) is 4.44. The predicted molar refractivity (Wildman–Crippen MR) is 141 cm³/mol. The summed E-state index contributed by atoms with van der Waals surface area (Å²) >= 11 is 0. The molecule has 3 aromatic rings. The molecule has 0 amide bonds. The maximum atomic E-state index is 12.4. The summed E-state index contributed by atoms with van der Waals surface area (Å²) in [5.74, 6) is 1.89. The Balaban J connectivity index is 1.29. The summed E-state index contributed by atoms with van der Waals surface area (Å²) in [4.78, 5) is 30.9. The largest absolute Gasteiger partial charge is 0.423 e. The first-order valence-corrected chi connectivity index (χ1v) is 12.7. The van der Waals surface area contributed by atoms with Gasteiger partial charge in [0.15, 0.2) is 0 Å². The van der Waals surface area contributed by atoms with E-state index in [0.29, 0.717) is 29.2 Å². The molecule has 0 spiro atoms. The van der Waals surface area contributed by atoms with Crippen molar-refractivity contribution in [1.82, 2.24) is 15.0 Å². The maximum Gasteiger partial charge on any atom is 0.343 e. The fraction of sp³-hybridized carbons (Fsp3) is 0.370. The average molecular weight is 486 g/mol. The van der Waals surface area contributed by atoms with Crippen molar-refractivity contribution in [3.63, 3.8) is 0 Å². The van der Waals surface area contributed by atoms with E-state index in [1.807, 2.05) is 18.2 Å². The highest BCUT2D eigenvalue weighted by Crippen LogP contribution is 2.22. The van der Waals surface area contributed by atoms with E-state index < -0.39 is 5.97 Å². The standard InChI is InChI=1S/C27H31N7O2/c35-24(22-12-4-1-5-13-22)36-23-14-10-11-21(19-23)20-28-32-25-29-26(33-15-6-2-7-16-33)31-27(30-25)34-17-8-3-9-18-34/h1,4-5,10-14,19-20H,2-3,6-9,15-18H2,(H,29,30,31,32). The van der Waals surface area contributed by atoms with Crippen molar-refractivity contribution in [1.29, 1.82) is 0 Å². The van der Waals surface area contributed by atoms with Crippen LogP contribution in [0.25, 0.3) is 0 Å². The van der Waals surface area contributed by atoms with E-state index in [1.54, 1.807) is 42.6 Å². The van der Waals surface area contributed by atoms with Gasteiger partial charge in [-0.05, 0) is 68.4 Å². The summed E-state index contributed by atoms with van der Waals surface area (Å²) in [6.07, 6.45) is 8.75. The average Bonchev–Trinajstić information content (AvgIpc) is 2.94. The van der Waals surface area contributed by atoms with Gasteiger partial charge in [0, 0.05) is 26.2 Å².